The lowest BCUT2D eigenvalue weighted by Gasteiger charge is -2.15. The Bertz CT molecular complexity index is 664. The molecule has 1 aromatic carbocycles. The van der Waals surface area contributed by atoms with Gasteiger partial charge in [0.05, 0.1) is 10.8 Å². The standard InChI is InChI=1S/C18H21NO3S/c1-12(2)10-14(18(21)22)11-19-17(20)16-15(8-9-23-16)13-6-4-3-5-7-13/h3-9,12,14H,10-11H2,1-2H3,(H,19,20)(H,21,22). The molecule has 0 aliphatic carbocycles. The minimum absolute atomic E-state index is 0.151. The molecule has 0 saturated heterocycles. The fourth-order valence-corrected chi connectivity index (χ4v) is 3.30. The summed E-state index contributed by atoms with van der Waals surface area (Å²) < 4.78 is 0. The molecule has 0 saturated carbocycles. The van der Waals surface area contributed by atoms with Crippen molar-refractivity contribution in [2.45, 2.75) is 20.3 Å². The van der Waals surface area contributed by atoms with Crippen molar-refractivity contribution in [1.29, 1.82) is 0 Å². The SMILES string of the molecule is CC(C)CC(CNC(=O)c1sccc1-c1ccccc1)C(=O)O. The molecule has 5 heteroatoms. The van der Waals surface area contributed by atoms with Crippen molar-refractivity contribution in [1.82, 2.24) is 5.32 Å². The van der Waals surface area contributed by atoms with E-state index in [0.717, 1.165) is 11.1 Å². The fraction of sp³-hybridized carbons (Fsp3) is 0.333. The van der Waals surface area contributed by atoms with Crippen molar-refractivity contribution in [3.8, 4) is 11.1 Å². The molecule has 1 atom stereocenters. The van der Waals surface area contributed by atoms with Crippen molar-refractivity contribution in [2.24, 2.45) is 11.8 Å². The Hall–Kier alpha value is -2.14. The monoisotopic (exact) mass is 331 g/mol. The van der Waals surface area contributed by atoms with Crippen LogP contribution in [0.25, 0.3) is 11.1 Å². The third-order valence-corrected chi connectivity index (χ3v) is 4.48. The summed E-state index contributed by atoms with van der Waals surface area (Å²) in [6, 6.07) is 11.6. The average molecular weight is 331 g/mol. The van der Waals surface area contributed by atoms with Crippen molar-refractivity contribution in [3.63, 3.8) is 0 Å². The van der Waals surface area contributed by atoms with E-state index in [2.05, 4.69) is 5.32 Å². The minimum atomic E-state index is -0.867. The van der Waals surface area contributed by atoms with Gasteiger partial charge in [-0.1, -0.05) is 44.2 Å². The van der Waals surface area contributed by atoms with E-state index in [0.29, 0.717) is 11.3 Å². The number of carbonyl (C=O) groups excluding carboxylic acids is 1. The Morgan fingerprint density at radius 2 is 1.87 bits per heavy atom. The summed E-state index contributed by atoms with van der Waals surface area (Å²) in [5, 5.41) is 13.9. The number of nitrogens with one attached hydrogen (secondary N) is 1. The molecule has 4 nitrogen and oxygen atoms in total. The molecule has 2 aromatic rings. The zero-order valence-electron chi connectivity index (χ0n) is 13.3. The number of amides is 1. The number of carbonyl (C=O) groups is 2. The van der Waals surface area contributed by atoms with Crippen molar-refractivity contribution < 1.29 is 14.7 Å². The van der Waals surface area contributed by atoms with Gasteiger partial charge in [0.25, 0.3) is 5.91 Å². The van der Waals surface area contributed by atoms with Crippen LogP contribution in [-0.2, 0) is 4.79 Å². The normalized spacial score (nSPS) is 12.1. The van der Waals surface area contributed by atoms with E-state index in [1.165, 1.54) is 11.3 Å². The van der Waals surface area contributed by atoms with E-state index < -0.39 is 11.9 Å². The first-order valence-electron chi connectivity index (χ1n) is 7.63. The maximum Gasteiger partial charge on any atom is 0.308 e. The van der Waals surface area contributed by atoms with E-state index in [1.807, 2.05) is 55.6 Å². The Morgan fingerprint density at radius 3 is 2.48 bits per heavy atom. The largest absolute Gasteiger partial charge is 0.481 e. The van der Waals surface area contributed by atoms with Crippen LogP contribution in [0.2, 0.25) is 0 Å². The topological polar surface area (TPSA) is 66.4 Å². The van der Waals surface area contributed by atoms with Crippen LogP contribution in [0.5, 0.6) is 0 Å². The molecule has 0 aliphatic rings. The second kappa shape index (κ2) is 7.92. The van der Waals surface area contributed by atoms with Crippen LogP contribution in [0.4, 0.5) is 0 Å². The lowest BCUT2D eigenvalue weighted by Crippen LogP contribution is -2.33. The van der Waals surface area contributed by atoms with Gasteiger partial charge in [-0.3, -0.25) is 9.59 Å². The second-order valence-corrected chi connectivity index (χ2v) is 6.82. The Kier molecular flexibility index (Phi) is 5.93. The van der Waals surface area contributed by atoms with Gasteiger partial charge in [-0.2, -0.15) is 0 Å². The Morgan fingerprint density at radius 1 is 1.17 bits per heavy atom. The maximum absolute atomic E-state index is 12.4. The van der Waals surface area contributed by atoms with E-state index in [1.54, 1.807) is 0 Å². The number of aliphatic carboxylic acids is 1. The van der Waals surface area contributed by atoms with Crippen LogP contribution in [0.3, 0.4) is 0 Å². The summed E-state index contributed by atoms with van der Waals surface area (Å²) in [5.41, 5.74) is 1.86. The summed E-state index contributed by atoms with van der Waals surface area (Å²) in [4.78, 5) is 24.3. The quantitative estimate of drug-likeness (QED) is 0.809. The second-order valence-electron chi connectivity index (χ2n) is 5.90. The number of carboxylic acids is 1. The summed E-state index contributed by atoms with van der Waals surface area (Å²) >= 11 is 1.37. The fourth-order valence-electron chi connectivity index (χ4n) is 2.47. The van der Waals surface area contributed by atoms with Gasteiger partial charge in [0.1, 0.15) is 0 Å². The maximum atomic E-state index is 12.4. The summed E-state index contributed by atoms with van der Waals surface area (Å²) in [5.74, 6) is -1.36. The van der Waals surface area contributed by atoms with Gasteiger partial charge < -0.3 is 10.4 Å². The molecule has 1 heterocycles. The molecule has 1 amide bonds. The molecule has 1 unspecified atom stereocenters. The molecule has 23 heavy (non-hydrogen) atoms. The minimum Gasteiger partial charge on any atom is -0.481 e. The van der Waals surface area contributed by atoms with Crippen LogP contribution < -0.4 is 5.32 Å². The van der Waals surface area contributed by atoms with Gasteiger partial charge in [0, 0.05) is 12.1 Å². The number of hydrogen-bond acceptors (Lipinski definition) is 3. The third-order valence-electron chi connectivity index (χ3n) is 3.57. The molecule has 122 valence electrons. The molecule has 2 rings (SSSR count). The van der Waals surface area contributed by atoms with E-state index >= 15 is 0 Å². The lowest BCUT2D eigenvalue weighted by molar-refractivity contribution is -0.142. The first-order chi connectivity index (χ1) is 11.0. The van der Waals surface area contributed by atoms with Crippen LogP contribution >= 0.6 is 11.3 Å². The molecule has 0 spiro atoms. The molecule has 2 N–H and O–H groups in total. The van der Waals surface area contributed by atoms with E-state index in [-0.39, 0.29) is 18.4 Å². The predicted molar refractivity (Wildman–Crippen MR) is 92.7 cm³/mol. The van der Waals surface area contributed by atoms with Crippen molar-refractivity contribution in [2.75, 3.05) is 6.54 Å². The molecule has 0 bridgehead atoms. The number of benzene rings is 1. The molecule has 0 fully saturated rings. The number of hydrogen-bond donors (Lipinski definition) is 2. The van der Waals surface area contributed by atoms with Gasteiger partial charge in [0.15, 0.2) is 0 Å². The van der Waals surface area contributed by atoms with Gasteiger partial charge in [-0.15, -0.1) is 11.3 Å². The average Bonchev–Trinajstić information content (AvgIpc) is 3.01. The third kappa shape index (κ3) is 4.66. The summed E-state index contributed by atoms with van der Waals surface area (Å²) in [6.45, 7) is 4.10. The highest BCUT2D eigenvalue weighted by Gasteiger charge is 2.21. The van der Waals surface area contributed by atoms with E-state index in [4.69, 9.17) is 0 Å². The number of carboxylic acid groups (broad SMARTS) is 1. The van der Waals surface area contributed by atoms with Crippen LogP contribution in [0, 0.1) is 11.8 Å². The molecule has 0 aliphatic heterocycles. The Labute approximate surface area is 140 Å². The lowest BCUT2D eigenvalue weighted by atomic mass is 9.97. The zero-order chi connectivity index (χ0) is 16.8. The zero-order valence-corrected chi connectivity index (χ0v) is 14.1. The van der Waals surface area contributed by atoms with Crippen molar-refractivity contribution in [3.05, 3.63) is 46.7 Å². The van der Waals surface area contributed by atoms with Gasteiger partial charge in [0.2, 0.25) is 0 Å². The highest BCUT2D eigenvalue weighted by molar-refractivity contribution is 7.12. The summed E-state index contributed by atoms with van der Waals surface area (Å²) in [6.07, 6.45) is 0.547. The van der Waals surface area contributed by atoms with Gasteiger partial charge >= 0.3 is 5.97 Å². The van der Waals surface area contributed by atoms with Crippen LogP contribution in [0.15, 0.2) is 41.8 Å². The van der Waals surface area contributed by atoms with Crippen LogP contribution in [-0.4, -0.2) is 23.5 Å². The molecular weight excluding hydrogens is 310 g/mol. The van der Waals surface area contributed by atoms with E-state index in [9.17, 15) is 14.7 Å². The number of rotatable bonds is 7. The highest BCUT2D eigenvalue weighted by Crippen LogP contribution is 2.28. The number of thiophene rings is 1. The first-order valence-corrected chi connectivity index (χ1v) is 8.51. The molecular formula is C18H21NO3S. The highest BCUT2D eigenvalue weighted by atomic mass is 32.1. The summed E-state index contributed by atoms with van der Waals surface area (Å²) in [7, 11) is 0. The molecule has 0 radical (unpaired) electrons. The predicted octanol–water partition coefficient (Wildman–Crippen LogP) is 3.89. The smallest absolute Gasteiger partial charge is 0.308 e. The Balaban J connectivity index is 2.07. The van der Waals surface area contributed by atoms with Gasteiger partial charge in [-0.05, 0) is 29.3 Å². The molecule has 1 aromatic heterocycles. The van der Waals surface area contributed by atoms with Gasteiger partial charge in [-0.25, -0.2) is 0 Å². The first kappa shape index (κ1) is 17.2. The van der Waals surface area contributed by atoms with Crippen LogP contribution in [0.1, 0.15) is 29.9 Å². The van der Waals surface area contributed by atoms with Crippen molar-refractivity contribution >= 4 is 23.2 Å².